The molecule has 2 rings (SSSR count). The number of aromatic nitrogens is 1. The van der Waals surface area contributed by atoms with Crippen molar-refractivity contribution in [2.24, 2.45) is 5.73 Å². The van der Waals surface area contributed by atoms with Crippen molar-refractivity contribution < 1.29 is 8.42 Å². The highest BCUT2D eigenvalue weighted by Crippen LogP contribution is 2.15. The maximum atomic E-state index is 12.2. The average Bonchev–Trinajstić information content (AvgIpc) is 2.38. The summed E-state index contributed by atoms with van der Waals surface area (Å²) in [5.74, 6) is 0.281. The van der Waals surface area contributed by atoms with E-state index >= 15 is 0 Å². The topological polar surface area (TPSA) is 85.1 Å². The smallest absolute Gasteiger partial charge is 0.263 e. The van der Waals surface area contributed by atoms with Gasteiger partial charge in [-0.15, -0.1) is 0 Å². The van der Waals surface area contributed by atoms with Crippen LogP contribution in [0.25, 0.3) is 0 Å². The molecule has 0 radical (unpaired) electrons. The normalized spacial score (nSPS) is 11.1. The molecular formula is C13H13N3O2S2. The fourth-order valence-electron chi connectivity index (χ4n) is 1.59. The molecule has 0 aliphatic rings. The maximum absolute atomic E-state index is 12.2. The zero-order valence-electron chi connectivity index (χ0n) is 10.7. The van der Waals surface area contributed by atoms with Crippen molar-refractivity contribution in [3.63, 3.8) is 0 Å². The molecule has 0 unspecified atom stereocenters. The predicted molar refractivity (Wildman–Crippen MR) is 82.1 cm³/mol. The third-order valence-corrected chi connectivity index (χ3v) is 4.21. The van der Waals surface area contributed by atoms with Crippen molar-refractivity contribution in [3.05, 3.63) is 53.7 Å². The fourth-order valence-corrected chi connectivity index (χ4v) is 2.72. The van der Waals surface area contributed by atoms with Crippen LogP contribution in [-0.2, 0) is 10.0 Å². The second-order valence-corrected chi connectivity index (χ2v) is 6.33. The number of nitrogens with two attached hydrogens (primary N) is 1. The molecule has 7 heteroatoms. The first-order valence-corrected chi connectivity index (χ1v) is 7.63. The van der Waals surface area contributed by atoms with E-state index < -0.39 is 10.0 Å². The zero-order chi connectivity index (χ0) is 14.8. The molecule has 5 nitrogen and oxygen atoms in total. The van der Waals surface area contributed by atoms with Crippen LogP contribution in [0.2, 0.25) is 0 Å². The van der Waals surface area contributed by atoms with Crippen LogP contribution in [0.4, 0.5) is 5.82 Å². The zero-order valence-corrected chi connectivity index (χ0v) is 12.3. The highest BCUT2D eigenvalue weighted by Gasteiger charge is 2.14. The molecule has 0 aliphatic heterocycles. The summed E-state index contributed by atoms with van der Waals surface area (Å²) in [7, 11) is -3.67. The molecule has 20 heavy (non-hydrogen) atoms. The summed E-state index contributed by atoms with van der Waals surface area (Å²) in [5, 5.41) is 0. The van der Waals surface area contributed by atoms with Gasteiger partial charge in [0.2, 0.25) is 0 Å². The lowest BCUT2D eigenvalue weighted by atomic mass is 10.2. The van der Waals surface area contributed by atoms with E-state index in [4.69, 9.17) is 18.0 Å². The number of hydrogen-bond donors (Lipinski definition) is 2. The van der Waals surface area contributed by atoms with Crippen LogP contribution in [0.15, 0.2) is 47.5 Å². The Morgan fingerprint density at radius 3 is 2.45 bits per heavy atom. The first-order chi connectivity index (χ1) is 9.38. The molecule has 0 saturated heterocycles. The number of sulfonamides is 1. The molecule has 2 aromatic rings. The van der Waals surface area contributed by atoms with Crippen LogP contribution in [0, 0.1) is 6.92 Å². The van der Waals surface area contributed by atoms with Crippen LogP contribution in [0.3, 0.4) is 0 Å². The Labute approximate surface area is 122 Å². The summed E-state index contributed by atoms with van der Waals surface area (Å²) in [6.45, 7) is 1.86. The molecule has 0 bridgehead atoms. The number of aryl methyl sites for hydroxylation is 1. The molecule has 1 aromatic heterocycles. The molecule has 0 spiro atoms. The van der Waals surface area contributed by atoms with Gasteiger partial charge in [-0.05, 0) is 36.8 Å². The Bertz CT molecular complexity index is 740. The number of nitrogens with zero attached hydrogens (tertiary/aromatic N) is 1. The van der Waals surface area contributed by atoms with Crippen LogP contribution in [-0.4, -0.2) is 18.4 Å². The van der Waals surface area contributed by atoms with E-state index in [0.29, 0.717) is 5.56 Å². The Morgan fingerprint density at radius 2 is 1.90 bits per heavy atom. The minimum Gasteiger partial charge on any atom is -0.389 e. The molecule has 0 aliphatic carbocycles. The number of anilines is 1. The van der Waals surface area contributed by atoms with Gasteiger partial charge in [-0.2, -0.15) is 0 Å². The number of thiocarbonyl (C=S) groups is 1. The van der Waals surface area contributed by atoms with Gasteiger partial charge in [-0.3, -0.25) is 4.72 Å². The van der Waals surface area contributed by atoms with Gasteiger partial charge in [-0.25, -0.2) is 13.4 Å². The Balaban J connectivity index is 2.28. The SMILES string of the molecule is Cc1ccnc(NS(=O)(=O)c2ccc(C(N)=S)cc2)c1. The van der Waals surface area contributed by atoms with Gasteiger partial charge < -0.3 is 5.73 Å². The van der Waals surface area contributed by atoms with E-state index in [1.54, 1.807) is 30.5 Å². The van der Waals surface area contributed by atoms with Crippen LogP contribution in [0.1, 0.15) is 11.1 Å². The molecule has 0 atom stereocenters. The van der Waals surface area contributed by atoms with Crippen molar-refractivity contribution in [1.29, 1.82) is 0 Å². The monoisotopic (exact) mass is 307 g/mol. The van der Waals surface area contributed by atoms with Gasteiger partial charge in [0.05, 0.1) is 4.90 Å². The summed E-state index contributed by atoms with van der Waals surface area (Å²) in [4.78, 5) is 4.32. The van der Waals surface area contributed by atoms with E-state index in [2.05, 4.69) is 9.71 Å². The van der Waals surface area contributed by atoms with Crippen LogP contribution in [0.5, 0.6) is 0 Å². The molecule has 104 valence electrons. The van der Waals surface area contributed by atoms with Gasteiger partial charge in [0, 0.05) is 11.8 Å². The van der Waals surface area contributed by atoms with Crippen LogP contribution >= 0.6 is 12.2 Å². The molecule has 0 amide bonds. The van der Waals surface area contributed by atoms with E-state index in [0.717, 1.165) is 5.56 Å². The minimum absolute atomic E-state index is 0.126. The first kappa shape index (κ1) is 14.4. The molecule has 1 aromatic carbocycles. The summed E-state index contributed by atoms with van der Waals surface area (Å²) in [5.41, 5.74) is 7.01. The molecule has 3 N–H and O–H groups in total. The summed E-state index contributed by atoms with van der Waals surface area (Å²) >= 11 is 4.82. The fraction of sp³-hybridized carbons (Fsp3) is 0.0769. The van der Waals surface area contributed by atoms with Crippen LogP contribution < -0.4 is 10.5 Å². The van der Waals surface area contributed by atoms with Gasteiger partial charge in [0.25, 0.3) is 10.0 Å². The van der Waals surface area contributed by atoms with Crippen molar-refractivity contribution in [1.82, 2.24) is 4.98 Å². The van der Waals surface area contributed by atoms with E-state index in [1.807, 2.05) is 6.92 Å². The largest absolute Gasteiger partial charge is 0.389 e. The Hall–Kier alpha value is -1.99. The van der Waals surface area contributed by atoms with Crippen molar-refractivity contribution in [3.8, 4) is 0 Å². The maximum Gasteiger partial charge on any atom is 0.263 e. The summed E-state index contributed by atoms with van der Waals surface area (Å²) < 4.78 is 26.8. The van der Waals surface area contributed by atoms with Gasteiger partial charge >= 0.3 is 0 Å². The van der Waals surface area contributed by atoms with Gasteiger partial charge in [0.1, 0.15) is 10.8 Å². The van der Waals surface area contributed by atoms with E-state index in [1.165, 1.54) is 12.1 Å². The second-order valence-electron chi connectivity index (χ2n) is 4.21. The Morgan fingerprint density at radius 1 is 1.25 bits per heavy atom. The van der Waals surface area contributed by atoms with Crippen molar-refractivity contribution >= 4 is 33.0 Å². The lowest BCUT2D eigenvalue weighted by Crippen LogP contribution is -2.15. The van der Waals surface area contributed by atoms with Crippen molar-refractivity contribution in [2.45, 2.75) is 11.8 Å². The summed E-state index contributed by atoms with van der Waals surface area (Å²) in [6, 6.07) is 9.48. The third kappa shape index (κ3) is 3.31. The number of benzene rings is 1. The highest BCUT2D eigenvalue weighted by molar-refractivity contribution is 7.92. The molecular weight excluding hydrogens is 294 g/mol. The lowest BCUT2D eigenvalue weighted by Gasteiger charge is -2.08. The Kier molecular flexibility index (Phi) is 4.01. The average molecular weight is 307 g/mol. The predicted octanol–water partition coefficient (Wildman–Crippen LogP) is 1.83. The van der Waals surface area contributed by atoms with Gasteiger partial charge in [-0.1, -0.05) is 24.4 Å². The molecule has 0 fully saturated rings. The van der Waals surface area contributed by atoms with E-state index in [9.17, 15) is 8.42 Å². The highest BCUT2D eigenvalue weighted by atomic mass is 32.2. The van der Waals surface area contributed by atoms with Gasteiger partial charge in [0.15, 0.2) is 0 Å². The minimum atomic E-state index is -3.67. The number of rotatable bonds is 4. The standard InChI is InChI=1S/C13H13N3O2S2/c1-9-6-7-15-12(8-9)16-20(17,18)11-4-2-10(3-5-11)13(14)19/h2-8H,1H3,(H2,14,19)(H,15,16). The van der Waals surface area contributed by atoms with Crippen molar-refractivity contribution in [2.75, 3.05) is 4.72 Å². The molecule has 1 heterocycles. The molecule has 0 saturated carbocycles. The quantitative estimate of drug-likeness (QED) is 0.842. The second kappa shape index (κ2) is 5.56. The third-order valence-electron chi connectivity index (χ3n) is 2.60. The lowest BCUT2D eigenvalue weighted by molar-refractivity contribution is 0.601. The number of nitrogens with one attached hydrogen (secondary N) is 1. The number of hydrogen-bond acceptors (Lipinski definition) is 4. The summed E-state index contributed by atoms with van der Waals surface area (Å²) in [6.07, 6.45) is 1.54. The van der Waals surface area contributed by atoms with E-state index in [-0.39, 0.29) is 15.7 Å². The first-order valence-electron chi connectivity index (χ1n) is 5.74. The number of pyridine rings is 1.